The molecule has 0 amide bonds. The van der Waals surface area contributed by atoms with Gasteiger partial charge in [0, 0.05) is 0 Å². The van der Waals surface area contributed by atoms with Crippen molar-refractivity contribution in [3.63, 3.8) is 0 Å². The zero-order valence-corrected chi connectivity index (χ0v) is 10.8. The Kier molecular flexibility index (Phi) is 5.70. The minimum absolute atomic E-state index is 0.211. The number of carbonyl (C=O) groups excluding carboxylic acids is 1. The lowest BCUT2D eigenvalue weighted by atomic mass is 9.98. The molecular weight excluding hydrogens is 214 g/mol. The van der Waals surface area contributed by atoms with Crippen LogP contribution in [0.4, 0.5) is 0 Å². The van der Waals surface area contributed by atoms with Crippen LogP contribution in [-0.4, -0.2) is 25.7 Å². The zero-order valence-electron chi connectivity index (χ0n) is 10.8. The van der Waals surface area contributed by atoms with Crippen LogP contribution in [0.15, 0.2) is 30.3 Å². The second-order valence-corrected chi connectivity index (χ2v) is 4.30. The largest absolute Gasteiger partial charge is 0.468 e. The first-order valence-corrected chi connectivity index (χ1v) is 6.01. The van der Waals surface area contributed by atoms with Gasteiger partial charge in [0.1, 0.15) is 6.04 Å². The Morgan fingerprint density at radius 1 is 1.29 bits per heavy atom. The van der Waals surface area contributed by atoms with Crippen molar-refractivity contribution in [1.82, 2.24) is 5.32 Å². The van der Waals surface area contributed by atoms with Crippen LogP contribution in [0.1, 0.15) is 31.7 Å². The molecule has 0 aromatic heterocycles. The van der Waals surface area contributed by atoms with Gasteiger partial charge in [-0.05, 0) is 31.4 Å². The molecule has 17 heavy (non-hydrogen) atoms. The van der Waals surface area contributed by atoms with Gasteiger partial charge < -0.3 is 10.1 Å². The summed E-state index contributed by atoms with van der Waals surface area (Å²) >= 11 is 0. The van der Waals surface area contributed by atoms with Gasteiger partial charge in [-0.15, -0.1) is 0 Å². The SMILES string of the molecule is COC(=O)[C@H](C)NCCC(C)c1ccccc1. The third kappa shape index (κ3) is 4.57. The molecule has 0 fully saturated rings. The molecule has 1 aromatic rings. The number of esters is 1. The topological polar surface area (TPSA) is 38.3 Å². The van der Waals surface area contributed by atoms with Crippen LogP contribution in [-0.2, 0) is 9.53 Å². The highest BCUT2D eigenvalue weighted by molar-refractivity contribution is 5.75. The molecule has 0 aliphatic heterocycles. The van der Waals surface area contributed by atoms with Gasteiger partial charge in [0.05, 0.1) is 7.11 Å². The summed E-state index contributed by atoms with van der Waals surface area (Å²) in [6.07, 6.45) is 1.01. The lowest BCUT2D eigenvalue weighted by Gasteiger charge is -2.15. The highest BCUT2D eigenvalue weighted by atomic mass is 16.5. The van der Waals surface area contributed by atoms with Crippen molar-refractivity contribution < 1.29 is 9.53 Å². The summed E-state index contributed by atoms with van der Waals surface area (Å²) in [5.41, 5.74) is 1.33. The summed E-state index contributed by atoms with van der Waals surface area (Å²) < 4.78 is 4.65. The smallest absolute Gasteiger partial charge is 0.322 e. The number of hydrogen-bond acceptors (Lipinski definition) is 3. The molecule has 0 radical (unpaired) electrons. The maximum Gasteiger partial charge on any atom is 0.322 e. The van der Waals surface area contributed by atoms with Crippen molar-refractivity contribution in [2.45, 2.75) is 32.2 Å². The Labute approximate surface area is 103 Å². The van der Waals surface area contributed by atoms with E-state index in [2.05, 4.69) is 41.2 Å². The number of benzene rings is 1. The second kappa shape index (κ2) is 7.07. The summed E-state index contributed by atoms with van der Waals surface area (Å²) in [5, 5.41) is 3.16. The van der Waals surface area contributed by atoms with Gasteiger partial charge in [-0.25, -0.2) is 0 Å². The lowest BCUT2D eigenvalue weighted by Crippen LogP contribution is -2.35. The molecular formula is C14H21NO2. The van der Waals surface area contributed by atoms with Gasteiger partial charge in [-0.1, -0.05) is 37.3 Å². The predicted molar refractivity (Wildman–Crippen MR) is 69.0 cm³/mol. The molecule has 3 heteroatoms. The van der Waals surface area contributed by atoms with Crippen molar-refractivity contribution in [3.05, 3.63) is 35.9 Å². The number of methoxy groups -OCH3 is 1. The Bertz CT molecular complexity index is 337. The van der Waals surface area contributed by atoms with E-state index in [1.54, 1.807) is 0 Å². The molecule has 0 saturated heterocycles. The summed E-state index contributed by atoms with van der Waals surface area (Å²) in [6, 6.07) is 10.2. The standard InChI is InChI=1S/C14H21NO2/c1-11(13-7-5-4-6-8-13)9-10-15-12(2)14(16)17-3/h4-8,11-12,15H,9-10H2,1-3H3/t11?,12-/m0/s1. The van der Waals surface area contributed by atoms with E-state index in [4.69, 9.17) is 0 Å². The number of nitrogens with one attached hydrogen (secondary N) is 1. The van der Waals surface area contributed by atoms with E-state index in [9.17, 15) is 4.79 Å². The molecule has 0 saturated carbocycles. The Morgan fingerprint density at radius 3 is 2.53 bits per heavy atom. The summed E-state index contributed by atoms with van der Waals surface area (Å²) in [7, 11) is 1.41. The maximum absolute atomic E-state index is 11.2. The number of carbonyl (C=O) groups is 1. The molecule has 0 aliphatic rings. The van der Waals surface area contributed by atoms with Crippen LogP contribution in [0, 0.1) is 0 Å². The van der Waals surface area contributed by atoms with Crippen LogP contribution in [0.25, 0.3) is 0 Å². The molecule has 1 rings (SSSR count). The van der Waals surface area contributed by atoms with Gasteiger partial charge in [0.15, 0.2) is 0 Å². The van der Waals surface area contributed by atoms with Crippen molar-refractivity contribution >= 4 is 5.97 Å². The highest BCUT2D eigenvalue weighted by Gasteiger charge is 2.12. The predicted octanol–water partition coefficient (Wildman–Crippen LogP) is 2.33. The number of hydrogen-bond donors (Lipinski definition) is 1. The van der Waals surface area contributed by atoms with E-state index < -0.39 is 0 Å². The number of rotatable bonds is 6. The first-order valence-electron chi connectivity index (χ1n) is 6.01. The van der Waals surface area contributed by atoms with Crippen molar-refractivity contribution in [2.24, 2.45) is 0 Å². The molecule has 1 N–H and O–H groups in total. The third-order valence-electron chi connectivity index (χ3n) is 2.95. The first-order chi connectivity index (χ1) is 8.15. The van der Waals surface area contributed by atoms with Crippen molar-refractivity contribution in [2.75, 3.05) is 13.7 Å². The third-order valence-corrected chi connectivity index (χ3v) is 2.95. The molecule has 0 aliphatic carbocycles. The van der Waals surface area contributed by atoms with E-state index in [1.807, 2.05) is 13.0 Å². The average molecular weight is 235 g/mol. The minimum atomic E-state index is -0.233. The Morgan fingerprint density at radius 2 is 1.94 bits per heavy atom. The Hall–Kier alpha value is -1.35. The molecule has 94 valence electrons. The van der Waals surface area contributed by atoms with Gasteiger partial charge in [0.2, 0.25) is 0 Å². The normalized spacial score (nSPS) is 14.1. The van der Waals surface area contributed by atoms with Crippen LogP contribution in [0.3, 0.4) is 0 Å². The summed E-state index contributed by atoms with van der Waals surface area (Å²) in [5.74, 6) is 0.283. The zero-order chi connectivity index (χ0) is 12.7. The monoisotopic (exact) mass is 235 g/mol. The van der Waals surface area contributed by atoms with Crippen LogP contribution in [0.2, 0.25) is 0 Å². The fourth-order valence-corrected chi connectivity index (χ4v) is 1.72. The minimum Gasteiger partial charge on any atom is -0.468 e. The van der Waals surface area contributed by atoms with Crippen LogP contribution >= 0.6 is 0 Å². The van der Waals surface area contributed by atoms with E-state index >= 15 is 0 Å². The molecule has 0 bridgehead atoms. The molecule has 0 heterocycles. The van der Waals surface area contributed by atoms with E-state index in [-0.39, 0.29) is 12.0 Å². The van der Waals surface area contributed by atoms with E-state index in [0.29, 0.717) is 5.92 Å². The van der Waals surface area contributed by atoms with Gasteiger partial charge in [-0.3, -0.25) is 4.79 Å². The molecule has 0 spiro atoms. The van der Waals surface area contributed by atoms with E-state index in [1.165, 1.54) is 12.7 Å². The molecule has 2 atom stereocenters. The maximum atomic E-state index is 11.2. The quantitative estimate of drug-likeness (QED) is 0.769. The fourth-order valence-electron chi connectivity index (χ4n) is 1.72. The van der Waals surface area contributed by atoms with Gasteiger partial charge >= 0.3 is 5.97 Å². The summed E-state index contributed by atoms with van der Waals surface area (Å²) in [6.45, 7) is 4.82. The van der Waals surface area contributed by atoms with E-state index in [0.717, 1.165) is 13.0 Å². The number of ether oxygens (including phenoxy) is 1. The Balaban J connectivity index is 2.30. The van der Waals surface area contributed by atoms with Gasteiger partial charge in [-0.2, -0.15) is 0 Å². The van der Waals surface area contributed by atoms with Crippen LogP contribution < -0.4 is 5.32 Å². The summed E-state index contributed by atoms with van der Waals surface area (Å²) in [4.78, 5) is 11.2. The fraction of sp³-hybridized carbons (Fsp3) is 0.500. The second-order valence-electron chi connectivity index (χ2n) is 4.30. The highest BCUT2D eigenvalue weighted by Crippen LogP contribution is 2.17. The first kappa shape index (κ1) is 13.7. The van der Waals surface area contributed by atoms with Gasteiger partial charge in [0.25, 0.3) is 0 Å². The van der Waals surface area contributed by atoms with Crippen molar-refractivity contribution in [1.29, 1.82) is 0 Å². The molecule has 3 nitrogen and oxygen atoms in total. The lowest BCUT2D eigenvalue weighted by molar-refractivity contribution is -0.142. The van der Waals surface area contributed by atoms with Crippen molar-refractivity contribution in [3.8, 4) is 0 Å². The average Bonchev–Trinajstić information content (AvgIpc) is 2.38. The van der Waals surface area contributed by atoms with Crippen LogP contribution in [0.5, 0.6) is 0 Å². The molecule has 1 aromatic carbocycles. The molecule has 1 unspecified atom stereocenters.